The van der Waals surface area contributed by atoms with E-state index in [0.29, 0.717) is 17.5 Å². The quantitative estimate of drug-likeness (QED) is 0.175. The molecular weight excluding hydrogens is 813 g/mol. The summed E-state index contributed by atoms with van der Waals surface area (Å²) < 4.78 is 21.8. The number of nitrogens with zero attached hydrogens (tertiary/aromatic N) is 4. The lowest BCUT2D eigenvalue weighted by molar-refractivity contribution is 0.666. The molecule has 0 spiro atoms. The van der Waals surface area contributed by atoms with Gasteiger partial charge in [-0.25, -0.2) is 15.0 Å². The average molecular weight is 845 g/mol. The number of benzene rings is 10. The van der Waals surface area contributed by atoms with Crippen molar-refractivity contribution < 1.29 is 13.3 Å². The Bertz CT molecular complexity index is 4320. The predicted octanol–water partition coefficient (Wildman–Crippen LogP) is 16.0. The van der Waals surface area contributed by atoms with Crippen molar-refractivity contribution in [1.82, 2.24) is 19.5 Å². The fourth-order valence-electron chi connectivity index (χ4n) is 10.2. The molecule has 66 heavy (non-hydrogen) atoms. The van der Waals surface area contributed by atoms with Gasteiger partial charge in [-0.1, -0.05) is 103 Å². The lowest BCUT2D eigenvalue weighted by Crippen LogP contribution is -2.01. The molecule has 10 aromatic carbocycles. The summed E-state index contributed by atoms with van der Waals surface area (Å²) >= 11 is 0. The zero-order valence-electron chi connectivity index (χ0n) is 35.0. The number of furan rings is 3. The van der Waals surface area contributed by atoms with Crippen molar-refractivity contribution in [1.29, 1.82) is 0 Å². The van der Waals surface area contributed by atoms with Gasteiger partial charge in [-0.2, -0.15) is 0 Å². The summed E-state index contributed by atoms with van der Waals surface area (Å²) in [5, 5.41) is 13.1. The molecule has 0 atom stereocenters. The lowest BCUT2D eigenvalue weighted by atomic mass is 10.0. The maximum atomic E-state index is 6.90. The Labute approximate surface area is 374 Å². The first-order valence-electron chi connectivity index (χ1n) is 22.1. The van der Waals surface area contributed by atoms with Gasteiger partial charge in [0.1, 0.15) is 27.9 Å². The monoisotopic (exact) mass is 844 g/mol. The van der Waals surface area contributed by atoms with Crippen LogP contribution >= 0.6 is 0 Å². The van der Waals surface area contributed by atoms with Gasteiger partial charge in [-0.3, -0.25) is 0 Å². The third-order valence-electron chi connectivity index (χ3n) is 13.4. The number of rotatable bonds is 4. The maximum absolute atomic E-state index is 6.90. The van der Waals surface area contributed by atoms with Gasteiger partial charge in [0, 0.05) is 59.8 Å². The van der Waals surface area contributed by atoms with E-state index in [2.05, 4.69) is 126 Å². The molecule has 0 radical (unpaired) electrons. The van der Waals surface area contributed by atoms with Gasteiger partial charge in [0.15, 0.2) is 23.1 Å². The first kappa shape index (κ1) is 35.4. The Morgan fingerprint density at radius 3 is 1.20 bits per heavy atom. The molecule has 0 aliphatic heterocycles. The molecule has 5 heterocycles. The van der Waals surface area contributed by atoms with E-state index < -0.39 is 0 Å². The summed E-state index contributed by atoms with van der Waals surface area (Å²) in [5.41, 5.74) is 10.5. The zero-order chi connectivity index (χ0) is 43.0. The summed E-state index contributed by atoms with van der Waals surface area (Å²) in [6.07, 6.45) is 0. The zero-order valence-corrected chi connectivity index (χ0v) is 35.0. The third kappa shape index (κ3) is 5.16. The molecule has 15 aromatic rings. The van der Waals surface area contributed by atoms with Crippen LogP contribution in [0.5, 0.6) is 0 Å². The Morgan fingerprint density at radius 2 is 0.682 bits per heavy atom. The fraction of sp³-hybridized carbons (Fsp3) is 0. The summed E-state index contributed by atoms with van der Waals surface area (Å²) in [6, 6.07) is 67.6. The smallest absolute Gasteiger partial charge is 0.164 e. The Balaban J connectivity index is 1.04. The highest BCUT2D eigenvalue weighted by atomic mass is 16.3. The highest BCUT2D eigenvalue weighted by Gasteiger charge is 2.23. The van der Waals surface area contributed by atoms with Gasteiger partial charge < -0.3 is 17.8 Å². The standard InChI is InChI=1S/C59H32N4O3/c1-3-13-35-30-48-43(25-33(35)11-1)44-26-34-12-2-4-14-36(34)31-49(44)63(48)50-32-39(29-47-42-17-7-10-20-53(42)66-56(47)50)59-61-57(37-21-23-54-45(27-37)40-15-5-8-18-51(40)64-54)60-58(62-59)38-22-24-55-46(28-38)41-16-6-9-19-52(41)65-55/h1-32H. The van der Waals surface area contributed by atoms with Gasteiger partial charge >= 0.3 is 0 Å². The van der Waals surface area contributed by atoms with Crippen LogP contribution in [-0.2, 0) is 0 Å². The Kier molecular flexibility index (Phi) is 7.10. The van der Waals surface area contributed by atoms with Crippen LogP contribution in [0.25, 0.3) is 149 Å². The van der Waals surface area contributed by atoms with Crippen LogP contribution in [-0.4, -0.2) is 19.5 Å². The van der Waals surface area contributed by atoms with E-state index >= 15 is 0 Å². The van der Waals surface area contributed by atoms with E-state index in [-0.39, 0.29) is 0 Å². The summed E-state index contributed by atoms with van der Waals surface area (Å²) in [4.78, 5) is 16.0. The fourth-order valence-corrected chi connectivity index (χ4v) is 10.2. The first-order chi connectivity index (χ1) is 32.6. The molecule has 0 saturated carbocycles. The lowest BCUT2D eigenvalue weighted by Gasteiger charge is -2.13. The van der Waals surface area contributed by atoms with Crippen molar-refractivity contribution in [3.05, 3.63) is 194 Å². The molecule has 5 aromatic heterocycles. The second-order valence-corrected chi connectivity index (χ2v) is 17.2. The SMILES string of the molecule is c1ccc2cc3c(cc2c1)c1cc2ccccc2cc1n3-c1cc(-c2nc(-c3ccc4oc5ccccc5c4c3)nc(-c3ccc4oc5ccccc5c4c3)n2)cc2c1oc1ccccc12. The van der Waals surface area contributed by atoms with E-state index in [1.165, 1.54) is 10.8 Å². The number of hydrogen-bond acceptors (Lipinski definition) is 6. The molecule has 0 bridgehead atoms. The van der Waals surface area contributed by atoms with Gasteiger partial charge in [0.05, 0.1) is 16.7 Å². The molecule has 0 saturated heterocycles. The van der Waals surface area contributed by atoms with E-state index in [4.69, 9.17) is 28.2 Å². The molecule has 0 amide bonds. The molecule has 15 rings (SSSR count). The van der Waals surface area contributed by atoms with Crippen LogP contribution in [0.15, 0.2) is 207 Å². The molecule has 0 fully saturated rings. The van der Waals surface area contributed by atoms with E-state index in [0.717, 1.165) is 121 Å². The predicted molar refractivity (Wildman–Crippen MR) is 267 cm³/mol. The van der Waals surface area contributed by atoms with E-state index in [1.54, 1.807) is 0 Å². The second-order valence-electron chi connectivity index (χ2n) is 17.2. The molecule has 306 valence electrons. The number of aromatic nitrogens is 4. The molecule has 0 unspecified atom stereocenters. The minimum absolute atomic E-state index is 0.536. The van der Waals surface area contributed by atoms with Crippen molar-refractivity contribution in [2.75, 3.05) is 0 Å². The molecule has 0 aliphatic carbocycles. The topological polar surface area (TPSA) is 83.0 Å². The van der Waals surface area contributed by atoms with Crippen molar-refractivity contribution in [3.8, 4) is 39.9 Å². The second kappa shape index (κ2) is 13.2. The maximum Gasteiger partial charge on any atom is 0.164 e. The first-order valence-corrected chi connectivity index (χ1v) is 22.1. The van der Waals surface area contributed by atoms with Gasteiger partial charge in [0.25, 0.3) is 0 Å². The van der Waals surface area contributed by atoms with Crippen LogP contribution in [0, 0.1) is 0 Å². The average Bonchev–Trinajstić information content (AvgIpc) is 4.13. The molecule has 0 N–H and O–H groups in total. The van der Waals surface area contributed by atoms with E-state index in [9.17, 15) is 0 Å². The van der Waals surface area contributed by atoms with Gasteiger partial charge in [-0.15, -0.1) is 0 Å². The largest absolute Gasteiger partial charge is 0.456 e. The van der Waals surface area contributed by atoms with Gasteiger partial charge in [0.2, 0.25) is 0 Å². The van der Waals surface area contributed by atoms with Crippen molar-refractivity contribution in [2.45, 2.75) is 0 Å². The van der Waals surface area contributed by atoms with Crippen LogP contribution in [0.2, 0.25) is 0 Å². The summed E-state index contributed by atoms with van der Waals surface area (Å²) in [5.74, 6) is 1.63. The highest BCUT2D eigenvalue weighted by molar-refractivity contribution is 6.18. The van der Waals surface area contributed by atoms with Crippen LogP contribution in [0.3, 0.4) is 0 Å². The molecular formula is C59H32N4O3. The highest BCUT2D eigenvalue weighted by Crippen LogP contribution is 2.43. The molecule has 7 nitrogen and oxygen atoms in total. The third-order valence-corrected chi connectivity index (χ3v) is 13.4. The molecule has 0 aliphatic rings. The number of fused-ring (bicyclic) bond motifs is 14. The minimum atomic E-state index is 0.536. The van der Waals surface area contributed by atoms with E-state index in [1.807, 2.05) is 72.8 Å². The van der Waals surface area contributed by atoms with Crippen molar-refractivity contribution >= 4 is 109 Å². The summed E-state index contributed by atoms with van der Waals surface area (Å²) in [7, 11) is 0. The number of hydrogen-bond donors (Lipinski definition) is 0. The Hall–Kier alpha value is -9.07. The minimum Gasteiger partial charge on any atom is -0.456 e. The number of para-hydroxylation sites is 3. The summed E-state index contributed by atoms with van der Waals surface area (Å²) in [6.45, 7) is 0. The molecule has 7 heteroatoms. The normalized spacial score (nSPS) is 12.2. The Morgan fingerprint density at radius 1 is 0.288 bits per heavy atom. The van der Waals surface area contributed by atoms with Crippen molar-refractivity contribution in [3.63, 3.8) is 0 Å². The van der Waals surface area contributed by atoms with Crippen LogP contribution < -0.4 is 0 Å². The van der Waals surface area contributed by atoms with Gasteiger partial charge in [-0.05, 0) is 113 Å². The van der Waals surface area contributed by atoms with Crippen molar-refractivity contribution in [2.24, 2.45) is 0 Å². The van der Waals surface area contributed by atoms with Crippen LogP contribution in [0.4, 0.5) is 0 Å². The van der Waals surface area contributed by atoms with Crippen LogP contribution in [0.1, 0.15) is 0 Å².